The summed E-state index contributed by atoms with van der Waals surface area (Å²) < 4.78 is 0. The topological polar surface area (TPSA) is 84.0 Å². The third-order valence-electron chi connectivity index (χ3n) is 4.98. The highest BCUT2D eigenvalue weighted by atomic mass is 32.1. The summed E-state index contributed by atoms with van der Waals surface area (Å²) in [6.45, 7) is 0.776. The normalized spacial score (nSPS) is 26.6. The van der Waals surface area contributed by atoms with Crippen LogP contribution in [0.15, 0.2) is 5.51 Å². The van der Waals surface area contributed by atoms with Gasteiger partial charge in [-0.15, -0.1) is 10.2 Å². The third kappa shape index (κ3) is 3.82. The largest absolute Gasteiger partial charge is 0.356 e. The van der Waals surface area contributed by atoms with E-state index in [9.17, 15) is 9.59 Å². The molecule has 1 heterocycles. The van der Waals surface area contributed by atoms with Gasteiger partial charge < -0.3 is 10.6 Å². The van der Waals surface area contributed by atoms with Crippen molar-refractivity contribution in [1.29, 1.82) is 0 Å². The molecule has 2 aliphatic rings. The molecule has 0 bridgehead atoms. The van der Waals surface area contributed by atoms with Crippen LogP contribution in [0.3, 0.4) is 0 Å². The minimum absolute atomic E-state index is 0.0335. The molecule has 1 aromatic rings. The zero-order valence-corrected chi connectivity index (χ0v) is 13.4. The Morgan fingerprint density at radius 1 is 1.18 bits per heavy atom. The van der Waals surface area contributed by atoms with E-state index in [0.29, 0.717) is 11.0 Å². The van der Waals surface area contributed by atoms with Crippen molar-refractivity contribution in [2.24, 2.45) is 17.8 Å². The van der Waals surface area contributed by atoms with Gasteiger partial charge in [-0.05, 0) is 37.0 Å². The Balaban J connectivity index is 1.33. The van der Waals surface area contributed by atoms with E-state index in [0.717, 1.165) is 18.4 Å². The molecule has 0 aliphatic heterocycles. The van der Waals surface area contributed by atoms with Crippen molar-refractivity contribution in [3.8, 4) is 0 Å². The first kappa shape index (κ1) is 15.4. The Labute approximate surface area is 134 Å². The van der Waals surface area contributed by atoms with Crippen molar-refractivity contribution < 1.29 is 9.59 Å². The SMILES string of the molecule is O=C(CCC(=O)Nc1nncs1)NC[C@H]1CC[C@@H]2CCC[C@@H]21. The van der Waals surface area contributed by atoms with Gasteiger partial charge in [-0.25, -0.2) is 0 Å². The van der Waals surface area contributed by atoms with Crippen molar-refractivity contribution in [2.45, 2.75) is 44.9 Å². The Kier molecular flexibility index (Phi) is 5.02. The van der Waals surface area contributed by atoms with Gasteiger partial charge in [0.15, 0.2) is 0 Å². The fourth-order valence-corrected chi connectivity index (χ4v) is 4.37. The molecule has 120 valence electrons. The van der Waals surface area contributed by atoms with E-state index in [1.807, 2.05) is 0 Å². The molecule has 3 rings (SSSR count). The Hall–Kier alpha value is -1.50. The molecular weight excluding hydrogens is 300 g/mol. The summed E-state index contributed by atoms with van der Waals surface area (Å²) >= 11 is 1.27. The van der Waals surface area contributed by atoms with Gasteiger partial charge in [0.25, 0.3) is 0 Å². The summed E-state index contributed by atoms with van der Waals surface area (Å²) in [7, 11) is 0. The van der Waals surface area contributed by atoms with Gasteiger partial charge >= 0.3 is 0 Å². The van der Waals surface area contributed by atoms with Crippen molar-refractivity contribution >= 4 is 28.3 Å². The quantitative estimate of drug-likeness (QED) is 0.841. The molecule has 2 N–H and O–H groups in total. The lowest BCUT2D eigenvalue weighted by atomic mass is 9.92. The van der Waals surface area contributed by atoms with Crippen LogP contribution in [-0.4, -0.2) is 28.6 Å². The molecule has 6 nitrogen and oxygen atoms in total. The van der Waals surface area contributed by atoms with Crippen LogP contribution in [-0.2, 0) is 9.59 Å². The van der Waals surface area contributed by atoms with Crippen LogP contribution >= 0.6 is 11.3 Å². The molecule has 2 saturated carbocycles. The van der Waals surface area contributed by atoms with E-state index in [1.165, 1.54) is 43.4 Å². The summed E-state index contributed by atoms with van der Waals surface area (Å²) in [5.74, 6) is 2.14. The fourth-order valence-electron chi connectivity index (χ4n) is 3.91. The number of carbonyl (C=O) groups excluding carboxylic acids is 2. The number of hydrogen-bond donors (Lipinski definition) is 2. The summed E-state index contributed by atoms with van der Waals surface area (Å²) in [6, 6.07) is 0. The minimum atomic E-state index is -0.191. The minimum Gasteiger partial charge on any atom is -0.356 e. The molecule has 0 radical (unpaired) electrons. The highest BCUT2D eigenvalue weighted by Crippen LogP contribution is 2.47. The van der Waals surface area contributed by atoms with E-state index < -0.39 is 0 Å². The first-order chi connectivity index (χ1) is 10.7. The molecular formula is C15H22N4O2S. The van der Waals surface area contributed by atoms with E-state index in [-0.39, 0.29) is 24.7 Å². The predicted molar refractivity (Wildman–Crippen MR) is 84.3 cm³/mol. The van der Waals surface area contributed by atoms with Crippen molar-refractivity contribution in [3.05, 3.63) is 5.51 Å². The number of rotatable bonds is 6. The molecule has 3 atom stereocenters. The molecule has 1 aromatic heterocycles. The second-order valence-electron chi connectivity index (χ2n) is 6.29. The highest BCUT2D eigenvalue weighted by Gasteiger charge is 2.38. The second kappa shape index (κ2) is 7.17. The molecule has 0 aromatic carbocycles. The number of fused-ring (bicyclic) bond motifs is 1. The van der Waals surface area contributed by atoms with Crippen LogP contribution < -0.4 is 10.6 Å². The van der Waals surface area contributed by atoms with E-state index >= 15 is 0 Å². The zero-order chi connectivity index (χ0) is 15.4. The van der Waals surface area contributed by atoms with Crippen LogP contribution in [0.2, 0.25) is 0 Å². The molecule has 2 fully saturated rings. The van der Waals surface area contributed by atoms with Gasteiger partial charge in [-0.3, -0.25) is 9.59 Å². The first-order valence-electron chi connectivity index (χ1n) is 8.05. The number of nitrogens with zero attached hydrogens (tertiary/aromatic N) is 2. The van der Waals surface area contributed by atoms with Crippen LogP contribution in [0, 0.1) is 17.8 Å². The maximum Gasteiger partial charge on any atom is 0.226 e. The van der Waals surface area contributed by atoms with Crippen LogP contribution in [0.5, 0.6) is 0 Å². The van der Waals surface area contributed by atoms with E-state index in [2.05, 4.69) is 20.8 Å². The lowest BCUT2D eigenvalue weighted by molar-refractivity contribution is -0.124. The van der Waals surface area contributed by atoms with E-state index in [4.69, 9.17) is 0 Å². The fraction of sp³-hybridized carbons (Fsp3) is 0.733. The average Bonchev–Trinajstić information content (AvgIpc) is 3.21. The summed E-state index contributed by atoms with van der Waals surface area (Å²) in [5.41, 5.74) is 1.56. The van der Waals surface area contributed by atoms with Crippen LogP contribution in [0.1, 0.15) is 44.9 Å². The third-order valence-corrected chi connectivity index (χ3v) is 5.59. The molecule has 0 saturated heterocycles. The zero-order valence-electron chi connectivity index (χ0n) is 12.6. The maximum atomic E-state index is 11.9. The van der Waals surface area contributed by atoms with Gasteiger partial charge in [-0.1, -0.05) is 24.2 Å². The van der Waals surface area contributed by atoms with Crippen molar-refractivity contribution in [1.82, 2.24) is 15.5 Å². The Morgan fingerprint density at radius 2 is 2.05 bits per heavy atom. The number of amides is 2. The van der Waals surface area contributed by atoms with Gasteiger partial charge in [-0.2, -0.15) is 0 Å². The second-order valence-corrected chi connectivity index (χ2v) is 7.12. The highest BCUT2D eigenvalue weighted by molar-refractivity contribution is 7.13. The Bertz CT molecular complexity index is 520. The number of aromatic nitrogens is 2. The number of hydrogen-bond acceptors (Lipinski definition) is 5. The van der Waals surface area contributed by atoms with Gasteiger partial charge in [0.05, 0.1) is 0 Å². The molecule has 7 heteroatoms. The molecule has 0 spiro atoms. The lowest BCUT2D eigenvalue weighted by Gasteiger charge is -2.18. The van der Waals surface area contributed by atoms with Gasteiger partial charge in [0.1, 0.15) is 5.51 Å². The lowest BCUT2D eigenvalue weighted by Crippen LogP contribution is -2.31. The van der Waals surface area contributed by atoms with Crippen molar-refractivity contribution in [2.75, 3.05) is 11.9 Å². The number of anilines is 1. The van der Waals surface area contributed by atoms with Gasteiger partial charge in [0.2, 0.25) is 16.9 Å². The smallest absolute Gasteiger partial charge is 0.226 e. The van der Waals surface area contributed by atoms with Crippen LogP contribution in [0.4, 0.5) is 5.13 Å². The molecule has 22 heavy (non-hydrogen) atoms. The summed E-state index contributed by atoms with van der Waals surface area (Å²) in [4.78, 5) is 23.6. The summed E-state index contributed by atoms with van der Waals surface area (Å²) in [5, 5.41) is 13.5. The number of nitrogens with one attached hydrogen (secondary N) is 2. The average molecular weight is 322 g/mol. The number of carbonyl (C=O) groups is 2. The first-order valence-corrected chi connectivity index (χ1v) is 8.93. The molecule has 2 amide bonds. The molecule has 0 unspecified atom stereocenters. The van der Waals surface area contributed by atoms with Crippen LogP contribution in [0.25, 0.3) is 0 Å². The monoisotopic (exact) mass is 322 g/mol. The predicted octanol–water partition coefficient (Wildman–Crippen LogP) is 2.20. The Morgan fingerprint density at radius 3 is 2.86 bits per heavy atom. The van der Waals surface area contributed by atoms with E-state index in [1.54, 1.807) is 5.51 Å². The summed E-state index contributed by atoms with van der Waals surface area (Å²) in [6.07, 6.45) is 7.04. The van der Waals surface area contributed by atoms with Gasteiger partial charge in [0, 0.05) is 19.4 Å². The van der Waals surface area contributed by atoms with Crippen molar-refractivity contribution in [3.63, 3.8) is 0 Å². The standard InChI is InChI=1S/C15H22N4O2S/c20-13(6-7-14(21)18-15-19-17-9-22-15)16-8-11-5-4-10-2-1-3-12(10)11/h9-12H,1-8H2,(H,16,20)(H,18,19,21)/t10-,11+,12-/m0/s1. The molecule has 2 aliphatic carbocycles. The maximum absolute atomic E-state index is 11.9.